The molecule has 0 aromatic heterocycles. The van der Waals surface area contributed by atoms with Gasteiger partial charge in [-0.1, -0.05) is 205 Å². The summed E-state index contributed by atoms with van der Waals surface area (Å²) in [5.74, 6) is -0.197. The summed E-state index contributed by atoms with van der Waals surface area (Å²) in [6, 6.07) is -0.883. The van der Waals surface area contributed by atoms with Gasteiger partial charge in [-0.2, -0.15) is 0 Å². The molecule has 8 nitrogen and oxygen atoms in total. The van der Waals surface area contributed by atoms with Crippen LogP contribution in [0.3, 0.4) is 0 Å². The van der Waals surface area contributed by atoms with E-state index in [0.717, 1.165) is 38.5 Å². The Morgan fingerprint density at radius 3 is 1.34 bits per heavy atom. The van der Waals surface area contributed by atoms with Crippen molar-refractivity contribution in [3.8, 4) is 0 Å². The summed E-state index contributed by atoms with van der Waals surface area (Å²) in [6.45, 7) is 4.66. The third-order valence-electron chi connectivity index (χ3n) is 11.2. The van der Waals surface area contributed by atoms with E-state index in [1.54, 1.807) is 6.08 Å². The molecule has 9 heteroatoms. The lowest BCUT2D eigenvalue weighted by atomic mass is 10.0. The second-order valence-electron chi connectivity index (χ2n) is 18.2. The number of phosphoric acid groups is 1. The summed E-state index contributed by atoms with van der Waals surface area (Å²) in [7, 11) is 1.27. The molecular formula is C49H97N2O6P. The maximum absolute atomic E-state index is 12.9. The Kier molecular flexibility index (Phi) is 40.6. The van der Waals surface area contributed by atoms with Crippen molar-refractivity contribution < 1.29 is 32.9 Å². The molecule has 0 fully saturated rings. The molecule has 0 aliphatic rings. The van der Waals surface area contributed by atoms with Crippen LogP contribution in [-0.4, -0.2) is 68.5 Å². The highest BCUT2D eigenvalue weighted by atomic mass is 31.2. The summed E-state index contributed by atoms with van der Waals surface area (Å²) in [4.78, 5) is 25.4. The fraction of sp³-hybridized carbons (Fsp3) is 0.898. The zero-order valence-electron chi connectivity index (χ0n) is 39.0. The number of hydrogen-bond acceptors (Lipinski definition) is 6. The number of nitrogens with one attached hydrogen (secondary N) is 1. The van der Waals surface area contributed by atoms with Crippen LogP contribution in [0, 0.1) is 0 Å². The smallest absolute Gasteiger partial charge is 0.268 e. The molecule has 0 saturated heterocycles. The highest BCUT2D eigenvalue weighted by Gasteiger charge is 2.23. The minimum absolute atomic E-state index is 0.000363. The van der Waals surface area contributed by atoms with Crippen LogP contribution in [0.5, 0.6) is 0 Å². The fourth-order valence-electron chi connectivity index (χ4n) is 7.21. The van der Waals surface area contributed by atoms with Crippen LogP contribution in [0.4, 0.5) is 0 Å². The zero-order chi connectivity index (χ0) is 42.8. The van der Waals surface area contributed by atoms with E-state index in [2.05, 4.69) is 31.3 Å². The van der Waals surface area contributed by atoms with E-state index in [0.29, 0.717) is 17.4 Å². The van der Waals surface area contributed by atoms with Gasteiger partial charge in [-0.3, -0.25) is 9.36 Å². The number of quaternary nitrogens is 1. The molecule has 0 radical (unpaired) electrons. The summed E-state index contributed by atoms with van der Waals surface area (Å²) in [5, 5.41) is 13.8. The Hall–Kier alpha value is -1.02. The maximum atomic E-state index is 12.9. The van der Waals surface area contributed by atoms with Crippen molar-refractivity contribution in [3.05, 3.63) is 24.3 Å². The second kappa shape index (κ2) is 41.3. The number of aliphatic hydroxyl groups excluding tert-OH is 1. The number of carbonyl (C=O) groups excluding carboxylic acids is 1. The van der Waals surface area contributed by atoms with E-state index in [9.17, 15) is 19.4 Å². The predicted molar refractivity (Wildman–Crippen MR) is 247 cm³/mol. The number of allylic oxidation sites excluding steroid dienone is 3. The van der Waals surface area contributed by atoms with Gasteiger partial charge in [-0.15, -0.1) is 0 Å². The van der Waals surface area contributed by atoms with Crippen molar-refractivity contribution >= 4 is 13.7 Å². The molecule has 344 valence electrons. The van der Waals surface area contributed by atoms with Crippen LogP contribution in [-0.2, 0) is 18.4 Å². The number of amides is 1. The lowest BCUT2D eigenvalue weighted by molar-refractivity contribution is -0.870. The SMILES string of the molecule is CCCCCCCC/C=C/CCCCCCCCCCCCCC(=O)N[C@@H](COP(=O)([O-])OCC[N+](C)(C)C)[C@H](O)/C=C/CCCCCCCCCCCCCCC. The van der Waals surface area contributed by atoms with Crippen molar-refractivity contribution in [2.75, 3.05) is 40.9 Å². The van der Waals surface area contributed by atoms with Crippen molar-refractivity contribution in [3.63, 3.8) is 0 Å². The first kappa shape index (κ1) is 57.0. The Morgan fingerprint density at radius 2 is 0.948 bits per heavy atom. The van der Waals surface area contributed by atoms with Crippen molar-refractivity contribution in [1.82, 2.24) is 5.32 Å². The molecule has 0 heterocycles. The molecule has 0 aromatic carbocycles. The van der Waals surface area contributed by atoms with Gasteiger partial charge in [0.15, 0.2) is 0 Å². The molecule has 3 atom stereocenters. The molecule has 0 saturated carbocycles. The van der Waals surface area contributed by atoms with Crippen molar-refractivity contribution in [1.29, 1.82) is 0 Å². The average molecular weight is 841 g/mol. The molecule has 1 unspecified atom stereocenters. The minimum atomic E-state index is -4.59. The van der Waals surface area contributed by atoms with Gasteiger partial charge >= 0.3 is 0 Å². The molecular weight excluding hydrogens is 744 g/mol. The molecule has 1 amide bonds. The molecule has 0 aliphatic heterocycles. The van der Waals surface area contributed by atoms with Gasteiger partial charge in [0.1, 0.15) is 13.2 Å². The molecule has 0 spiro atoms. The quantitative estimate of drug-likeness (QED) is 0.0274. The summed E-state index contributed by atoms with van der Waals surface area (Å²) >= 11 is 0. The van der Waals surface area contributed by atoms with Crippen molar-refractivity contribution in [2.45, 2.75) is 244 Å². The Balaban J connectivity index is 4.30. The number of aliphatic hydroxyl groups is 1. The van der Waals surface area contributed by atoms with Gasteiger partial charge in [-0.25, -0.2) is 0 Å². The number of carbonyl (C=O) groups is 1. The van der Waals surface area contributed by atoms with E-state index >= 15 is 0 Å². The lowest BCUT2D eigenvalue weighted by Gasteiger charge is -2.29. The Labute approximate surface area is 360 Å². The van der Waals surface area contributed by atoms with E-state index in [-0.39, 0.29) is 19.1 Å². The topological polar surface area (TPSA) is 108 Å². The van der Waals surface area contributed by atoms with Gasteiger partial charge in [0.2, 0.25) is 5.91 Å². The standard InChI is InChI=1S/C49H97N2O6P/c1-6-8-10-12-14-16-18-20-22-23-24-25-26-27-29-31-33-35-37-39-41-43-49(53)50-47(46-57-58(54,55)56-45-44-51(3,4)5)48(52)42-40-38-36-34-32-30-28-21-19-17-15-13-11-9-7-2/h20,22,40,42,47-48,52H,6-19,21,23-39,41,43-46H2,1-5H3,(H-,50,53,54,55)/b22-20+,42-40+/t47-,48+/m0/s1. The van der Waals surface area contributed by atoms with Gasteiger partial charge in [0.05, 0.1) is 39.9 Å². The fourth-order valence-corrected chi connectivity index (χ4v) is 7.93. The van der Waals surface area contributed by atoms with Gasteiger partial charge in [0.25, 0.3) is 7.82 Å². The lowest BCUT2D eigenvalue weighted by Crippen LogP contribution is -2.45. The first-order valence-corrected chi connectivity index (χ1v) is 26.2. The molecule has 0 rings (SSSR count). The number of likely N-dealkylation sites (N-methyl/N-ethyl adjacent to an activating group) is 1. The highest BCUT2D eigenvalue weighted by molar-refractivity contribution is 7.45. The van der Waals surface area contributed by atoms with E-state index in [1.807, 2.05) is 27.2 Å². The van der Waals surface area contributed by atoms with Gasteiger partial charge in [0, 0.05) is 6.42 Å². The molecule has 0 bridgehead atoms. The van der Waals surface area contributed by atoms with Gasteiger partial charge in [-0.05, 0) is 44.9 Å². The number of phosphoric ester groups is 1. The maximum Gasteiger partial charge on any atom is 0.268 e. The van der Waals surface area contributed by atoms with E-state index in [4.69, 9.17) is 9.05 Å². The highest BCUT2D eigenvalue weighted by Crippen LogP contribution is 2.38. The number of nitrogens with zero attached hydrogens (tertiary/aromatic N) is 1. The molecule has 0 aliphatic carbocycles. The van der Waals surface area contributed by atoms with Crippen LogP contribution in [0.25, 0.3) is 0 Å². The number of rotatable bonds is 45. The van der Waals surface area contributed by atoms with Crippen LogP contribution in [0.1, 0.15) is 232 Å². The minimum Gasteiger partial charge on any atom is -0.756 e. The summed E-state index contributed by atoms with van der Waals surface area (Å²) in [6.07, 6.45) is 49.4. The second-order valence-corrected chi connectivity index (χ2v) is 19.6. The first-order chi connectivity index (χ1) is 28.0. The largest absolute Gasteiger partial charge is 0.756 e. The molecule has 2 N–H and O–H groups in total. The van der Waals surface area contributed by atoms with E-state index in [1.165, 1.54) is 173 Å². The number of unbranched alkanes of at least 4 members (excludes halogenated alkanes) is 30. The third-order valence-corrected chi connectivity index (χ3v) is 12.1. The Morgan fingerprint density at radius 1 is 0.586 bits per heavy atom. The monoisotopic (exact) mass is 841 g/mol. The van der Waals surface area contributed by atoms with Crippen LogP contribution in [0.2, 0.25) is 0 Å². The third kappa shape index (κ3) is 43.1. The normalized spacial score (nSPS) is 14.4. The summed E-state index contributed by atoms with van der Waals surface area (Å²) in [5.41, 5.74) is 0. The number of hydrogen-bond donors (Lipinski definition) is 2. The molecule has 0 aromatic rings. The van der Waals surface area contributed by atoms with E-state index < -0.39 is 20.0 Å². The van der Waals surface area contributed by atoms with Crippen LogP contribution < -0.4 is 10.2 Å². The average Bonchev–Trinajstić information content (AvgIpc) is 3.17. The summed E-state index contributed by atoms with van der Waals surface area (Å²) < 4.78 is 23.2. The Bertz CT molecular complexity index is 1000. The zero-order valence-corrected chi connectivity index (χ0v) is 39.9. The predicted octanol–water partition coefficient (Wildman–Crippen LogP) is 13.5. The van der Waals surface area contributed by atoms with Crippen LogP contribution in [0.15, 0.2) is 24.3 Å². The van der Waals surface area contributed by atoms with Crippen molar-refractivity contribution in [2.24, 2.45) is 0 Å². The molecule has 58 heavy (non-hydrogen) atoms. The van der Waals surface area contributed by atoms with Crippen LogP contribution >= 0.6 is 7.82 Å². The first-order valence-electron chi connectivity index (χ1n) is 24.7. The van der Waals surface area contributed by atoms with Gasteiger partial charge < -0.3 is 28.8 Å².